The lowest BCUT2D eigenvalue weighted by Gasteiger charge is -2.10. The van der Waals surface area contributed by atoms with Crippen LogP contribution in [0, 0.1) is 12.3 Å². The lowest BCUT2D eigenvalue weighted by Crippen LogP contribution is -2.14. The molecule has 0 unspecified atom stereocenters. The number of aryl methyl sites for hydroxylation is 2. The summed E-state index contributed by atoms with van der Waals surface area (Å²) in [5.74, 6) is 3.27. The Morgan fingerprint density at radius 2 is 2.13 bits per heavy atom. The maximum absolute atomic E-state index is 10.8. The summed E-state index contributed by atoms with van der Waals surface area (Å²) in [7, 11) is 1.71. The number of aromatic nitrogens is 5. The highest BCUT2D eigenvalue weighted by molar-refractivity contribution is 6.11. The zero-order valence-corrected chi connectivity index (χ0v) is 16.2. The van der Waals surface area contributed by atoms with Gasteiger partial charge in [-0.25, -0.2) is 14.5 Å². The first-order valence-corrected chi connectivity index (χ1v) is 8.98. The molecule has 2 N–H and O–H groups in total. The number of hydrogen-bond donors (Lipinski definition) is 2. The summed E-state index contributed by atoms with van der Waals surface area (Å²) in [6, 6.07) is 12.6. The van der Waals surface area contributed by atoms with Gasteiger partial charge in [-0.1, -0.05) is 35.5 Å². The Morgan fingerprint density at radius 1 is 1.30 bits per heavy atom. The Kier molecular flexibility index (Phi) is 6.68. The van der Waals surface area contributed by atoms with Gasteiger partial charge >= 0.3 is 6.09 Å². The molecule has 0 saturated carbocycles. The SMILES string of the molecule is C#CCCc1ccccc1/C(=N/OCc1cccc(NC(=O)O)n1)c1nnnn1C. The van der Waals surface area contributed by atoms with Crippen LogP contribution < -0.4 is 5.32 Å². The number of carbonyl (C=O) groups is 1. The molecule has 0 atom stereocenters. The van der Waals surface area contributed by atoms with Crippen LogP contribution in [0.2, 0.25) is 0 Å². The third-order valence-corrected chi connectivity index (χ3v) is 4.05. The summed E-state index contributed by atoms with van der Waals surface area (Å²) in [6.45, 7) is 0.0242. The Bertz CT molecular complexity index is 1100. The van der Waals surface area contributed by atoms with Crippen molar-refractivity contribution in [2.24, 2.45) is 12.2 Å². The predicted octanol–water partition coefficient (Wildman–Crippen LogP) is 2.23. The van der Waals surface area contributed by atoms with Gasteiger partial charge in [0.15, 0.2) is 12.3 Å². The van der Waals surface area contributed by atoms with E-state index in [2.05, 4.69) is 36.9 Å². The number of oxime groups is 1. The van der Waals surface area contributed by atoms with Crippen LogP contribution in [0.5, 0.6) is 0 Å². The first-order valence-electron chi connectivity index (χ1n) is 8.98. The Hall–Kier alpha value is -4.26. The number of nitrogens with zero attached hydrogens (tertiary/aromatic N) is 6. The average Bonchev–Trinajstić information content (AvgIpc) is 3.15. The van der Waals surface area contributed by atoms with E-state index in [1.165, 1.54) is 4.68 Å². The van der Waals surface area contributed by atoms with Crippen molar-refractivity contribution < 1.29 is 14.7 Å². The molecular weight excluding hydrogens is 386 g/mol. The number of hydrogen-bond acceptors (Lipinski definition) is 7. The molecule has 10 heteroatoms. The smallest absolute Gasteiger partial charge is 0.410 e. The highest BCUT2D eigenvalue weighted by Gasteiger charge is 2.18. The van der Waals surface area contributed by atoms with E-state index in [0.717, 1.165) is 11.1 Å². The number of tetrazole rings is 1. The predicted molar refractivity (Wildman–Crippen MR) is 109 cm³/mol. The van der Waals surface area contributed by atoms with Crippen molar-refractivity contribution in [2.75, 3.05) is 5.32 Å². The summed E-state index contributed by atoms with van der Waals surface area (Å²) in [5, 5.41) is 26.9. The summed E-state index contributed by atoms with van der Waals surface area (Å²) in [5.41, 5.74) is 2.75. The van der Waals surface area contributed by atoms with Gasteiger partial charge in [0.05, 0.1) is 5.69 Å². The minimum atomic E-state index is -1.20. The third kappa shape index (κ3) is 5.17. The summed E-state index contributed by atoms with van der Waals surface area (Å²) >= 11 is 0. The number of anilines is 1. The quantitative estimate of drug-likeness (QED) is 0.334. The molecule has 0 radical (unpaired) electrons. The first-order chi connectivity index (χ1) is 14.6. The lowest BCUT2D eigenvalue weighted by molar-refractivity contribution is 0.128. The Balaban J connectivity index is 1.88. The second kappa shape index (κ2) is 9.79. The van der Waals surface area contributed by atoms with E-state index in [0.29, 0.717) is 30.1 Å². The fraction of sp³-hybridized carbons (Fsp3) is 0.200. The van der Waals surface area contributed by atoms with Crippen molar-refractivity contribution in [2.45, 2.75) is 19.4 Å². The number of carboxylic acid groups (broad SMARTS) is 1. The highest BCUT2D eigenvalue weighted by atomic mass is 16.6. The lowest BCUT2D eigenvalue weighted by atomic mass is 9.99. The molecule has 2 heterocycles. The fourth-order valence-electron chi connectivity index (χ4n) is 2.72. The van der Waals surface area contributed by atoms with Gasteiger partial charge in [0.25, 0.3) is 0 Å². The van der Waals surface area contributed by atoms with Gasteiger partial charge in [-0.2, -0.15) is 0 Å². The van der Waals surface area contributed by atoms with E-state index in [9.17, 15) is 4.79 Å². The number of benzene rings is 1. The van der Waals surface area contributed by atoms with Crippen LogP contribution in [0.3, 0.4) is 0 Å². The standard InChI is InChI=1S/C20H19N7O3/c1-3-4-8-14-9-5-6-11-16(14)18(19-23-25-26-27(19)2)24-30-13-15-10-7-12-17(21-15)22-20(28)29/h1,5-7,9-12H,4,8,13H2,2H3,(H,21,22)(H,28,29)/b24-18-. The fourth-order valence-corrected chi connectivity index (χ4v) is 2.72. The van der Waals surface area contributed by atoms with Crippen LogP contribution >= 0.6 is 0 Å². The highest BCUT2D eigenvalue weighted by Crippen LogP contribution is 2.16. The Morgan fingerprint density at radius 3 is 2.87 bits per heavy atom. The monoisotopic (exact) mass is 405 g/mol. The molecule has 0 aliphatic rings. The van der Waals surface area contributed by atoms with Gasteiger partial charge in [-0.15, -0.1) is 17.4 Å². The number of amides is 1. The van der Waals surface area contributed by atoms with Crippen molar-refractivity contribution in [3.8, 4) is 12.3 Å². The van der Waals surface area contributed by atoms with Crippen LogP contribution in [-0.4, -0.2) is 42.1 Å². The molecule has 1 aromatic carbocycles. The summed E-state index contributed by atoms with van der Waals surface area (Å²) < 4.78 is 1.50. The third-order valence-electron chi connectivity index (χ3n) is 4.05. The van der Waals surface area contributed by atoms with Gasteiger partial charge in [0, 0.05) is 19.0 Å². The molecule has 3 aromatic rings. The summed E-state index contributed by atoms with van der Waals surface area (Å²) in [6.07, 6.45) is 5.47. The normalized spacial score (nSPS) is 11.0. The molecule has 30 heavy (non-hydrogen) atoms. The van der Waals surface area contributed by atoms with Crippen molar-refractivity contribution >= 4 is 17.6 Å². The molecule has 10 nitrogen and oxygen atoms in total. The van der Waals surface area contributed by atoms with Gasteiger partial charge < -0.3 is 9.94 Å². The molecule has 0 fully saturated rings. The number of rotatable bonds is 8. The van der Waals surface area contributed by atoms with E-state index in [1.54, 1.807) is 25.2 Å². The molecule has 3 rings (SSSR count). The number of pyridine rings is 1. The minimum absolute atomic E-state index is 0.0242. The molecule has 0 saturated heterocycles. The molecule has 2 aromatic heterocycles. The average molecular weight is 405 g/mol. The maximum atomic E-state index is 10.8. The number of nitrogens with one attached hydrogen (secondary N) is 1. The van der Waals surface area contributed by atoms with Crippen LogP contribution in [0.15, 0.2) is 47.6 Å². The van der Waals surface area contributed by atoms with Gasteiger partial charge in [-0.3, -0.25) is 5.32 Å². The number of terminal acetylenes is 1. The Labute approximate surface area is 172 Å². The zero-order chi connectivity index (χ0) is 21.3. The van der Waals surface area contributed by atoms with E-state index in [4.69, 9.17) is 16.4 Å². The van der Waals surface area contributed by atoms with Gasteiger partial charge in [0.2, 0.25) is 5.82 Å². The molecule has 1 amide bonds. The van der Waals surface area contributed by atoms with Crippen molar-refractivity contribution in [1.82, 2.24) is 25.2 Å². The minimum Gasteiger partial charge on any atom is -0.465 e. The van der Waals surface area contributed by atoms with Crippen LogP contribution in [-0.2, 0) is 24.9 Å². The van der Waals surface area contributed by atoms with Gasteiger partial charge in [-0.05, 0) is 34.5 Å². The second-order valence-electron chi connectivity index (χ2n) is 6.15. The molecule has 0 spiro atoms. The van der Waals surface area contributed by atoms with Gasteiger partial charge in [0.1, 0.15) is 5.82 Å². The molecular formula is C20H19N7O3. The van der Waals surface area contributed by atoms with E-state index in [1.807, 2.05) is 24.3 Å². The zero-order valence-electron chi connectivity index (χ0n) is 16.2. The van der Waals surface area contributed by atoms with Crippen molar-refractivity contribution in [3.63, 3.8) is 0 Å². The van der Waals surface area contributed by atoms with Crippen LogP contribution in [0.4, 0.5) is 10.6 Å². The molecule has 0 aliphatic heterocycles. The van der Waals surface area contributed by atoms with E-state index >= 15 is 0 Å². The largest absolute Gasteiger partial charge is 0.465 e. The van der Waals surface area contributed by atoms with Crippen LogP contribution in [0.25, 0.3) is 0 Å². The van der Waals surface area contributed by atoms with Crippen molar-refractivity contribution in [1.29, 1.82) is 0 Å². The molecule has 152 valence electrons. The first kappa shape index (κ1) is 20.5. The molecule has 0 aliphatic carbocycles. The van der Waals surface area contributed by atoms with Crippen LogP contribution in [0.1, 0.15) is 29.1 Å². The second-order valence-corrected chi connectivity index (χ2v) is 6.15. The van der Waals surface area contributed by atoms with E-state index in [-0.39, 0.29) is 12.4 Å². The van der Waals surface area contributed by atoms with Crippen molar-refractivity contribution in [3.05, 3.63) is 65.1 Å². The van der Waals surface area contributed by atoms with E-state index < -0.39 is 6.09 Å². The molecule has 0 bridgehead atoms. The summed E-state index contributed by atoms with van der Waals surface area (Å²) in [4.78, 5) is 20.5. The topological polar surface area (TPSA) is 127 Å². The maximum Gasteiger partial charge on any atom is 0.410 e.